The third-order valence-electron chi connectivity index (χ3n) is 3.48. The van der Waals surface area contributed by atoms with Gasteiger partial charge < -0.3 is 15.0 Å². The highest BCUT2D eigenvalue weighted by molar-refractivity contribution is 8.07. The fourth-order valence-corrected chi connectivity index (χ4v) is 4.85. The maximum atomic E-state index is 6.06. The largest absolute Gasteiger partial charge is 0.385 e. The molecule has 1 aromatic heterocycles. The summed E-state index contributed by atoms with van der Waals surface area (Å²) >= 11 is 3.90. The monoisotopic (exact) mass is 317 g/mol. The van der Waals surface area contributed by atoms with Gasteiger partial charge in [-0.05, 0) is 12.8 Å². The molecule has 1 saturated heterocycles. The molecule has 1 aromatic rings. The number of aromatic nitrogens is 2. The van der Waals surface area contributed by atoms with Crippen LogP contribution < -0.4 is 5.73 Å². The molecular formula is C13H23N3O2S2. The Labute approximate surface area is 128 Å². The Balaban J connectivity index is 1.91. The van der Waals surface area contributed by atoms with E-state index in [1.54, 1.807) is 7.11 Å². The summed E-state index contributed by atoms with van der Waals surface area (Å²) in [6, 6.07) is -0.191. The second-order valence-electron chi connectivity index (χ2n) is 5.10. The van der Waals surface area contributed by atoms with Crippen LogP contribution in [-0.4, -0.2) is 40.1 Å². The summed E-state index contributed by atoms with van der Waals surface area (Å²) in [5, 5.41) is 5.72. The van der Waals surface area contributed by atoms with Crippen molar-refractivity contribution in [2.24, 2.45) is 5.73 Å². The van der Waals surface area contributed by atoms with Crippen LogP contribution in [-0.2, 0) is 4.74 Å². The van der Waals surface area contributed by atoms with Gasteiger partial charge in [0.2, 0.25) is 5.89 Å². The van der Waals surface area contributed by atoms with E-state index in [2.05, 4.69) is 24.0 Å². The van der Waals surface area contributed by atoms with Gasteiger partial charge in [0.15, 0.2) is 5.82 Å². The molecule has 0 spiro atoms. The maximum Gasteiger partial charge on any atom is 0.243 e. The lowest BCUT2D eigenvalue weighted by molar-refractivity contribution is 0.188. The molecule has 4 unspecified atom stereocenters. The van der Waals surface area contributed by atoms with Crippen LogP contribution in [0, 0.1) is 0 Å². The van der Waals surface area contributed by atoms with Crippen molar-refractivity contribution in [1.82, 2.24) is 10.1 Å². The Morgan fingerprint density at radius 2 is 2.25 bits per heavy atom. The average Bonchev–Trinajstić information content (AvgIpc) is 2.92. The van der Waals surface area contributed by atoms with Crippen molar-refractivity contribution in [3.05, 3.63) is 11.7 Å². The first kappa shape index (κ1) is 16.1. The SMILES string of the molecule is COCCCC(N)c1nc(C2CSC(C)C(C)S2)no1. The summed E-state index contributed by atoms with van der Waals surface area (Å²) < 4.78 is 10.3. The van der Waals surface area contributed by atoms with Gasteiger partial charge in [-0.1, -0.05) is 19.0 Å². The average molecular weight is 317 g/mol. The number of rotatable bonds is 6. The van der Waals surface area contributed by atoms with Crippen LogP contribution in [0.1, 0.15) is 49.7 Å². The van der Waals surface area contributed by atoms with E-state index in [0.29, 0.717) is 28.2 Å². The number of nitrogens with two attached hydrogens (primary N) is 1. The van der Waals surface area contributed by atoms with Crippen LogP contribution >= 0.6 is 23.5 Å². The van der Waals surface area contributed by atoms with Crippen molar-refractivity contribution in [1.29, 1.82) is 0 Å². The first-order valence-electron chi connectivity index (χ1n) is 6.97. The van der Waals surface area contributed by atoms with Crippen molar-refractivity contribution in [2.75, 3.05) is 19.5 Å². The van der Waals surface area contributed by atoms with Crippen LogP contribution in [0.5, 0.6) is 0 Å². The zero-order valence-electron chi connectivity index (χ0n) is 12.2. The number of nitrogens with zero attached hydrogens (tertiary/aromatic N) is 2. The number of hydrogen-bond donors (Lipinski definition) is 1. The number of hydrogen-bond acceptors (Lipinski definition) is 7. The highest BCUT2D eigenvalue weighted by Gasteiger charge is 2.30. The topological polar surface area (TPSA) is 74.2 Å². The van der Waals surface area contributed by atoms with Crippen molar-refractivity contribution in [2.45, 2.75) is 48.5 Å². The molecule has 0 aromatic carbocycles. The molecule has 7 heteroatoms. The Bertz CT molecular complexity index is 416. The minimum atomic E-state index is -0.191. The van der Waals surface area contributed by atoms with Gasteiger partial charge in [0, 0.05) is 30.0 Å². The Morgan fingerprint density at radius 1 is 1.45 bits per heavy atom. The smallest absolute Gasteiger partial charge is 0.243 e. The van der Waals surface area contributed by atoms with Gasteiger partial charge >= 0.3 is 0 Å². The minimum Gasteiger partial charge on any atom is -0.385 e. The molecule has 1 aliphatic rings. The van der Waals surface area contributed by atoms with Crippen LogP contribution in [0.15, 0.2) is 4.52 Å². The van der Waals surface area contributed by atoms with Gasteiger partial charge in [0.05, 0.1) is 11.3 Å². The lowest BCUT2D eigenvalue weighted by atomic mass is 10.2. The van der Waals surface area contributed by atoms with Crippen molar-refractivity contribution < 1.29 is 9.26 Å². The zero-order valence-corrected chi connectivity index (χ0v) is 13.9. The van der Waals surface area contributed by atoms with Gasteiger partial charge in [0.25, 0.3) is 0 Å². The van der Waals surface area contributed by atoms with Crippen molar-refractivity contribution >= 4 is 23.5 Å². The van der Waals surface area contributed by atoms with E-state index in [-0.39, 0.29) is 6.04 Å². The van der Waals surface area contributed by atoms with E-state index < -0.39 is 0 Å². The first-order chi connectivity index (χ1) is 9.61. The number of methoxy groups -OCH3 is 1. The van der Waals surface area contributed by atoms with E-state index in [0.717, 1.165) is 24.4 Å². The van der Waals surface area contributed by atoms with Gasteiger partial charge in [-0.3, -0.25) is 0 Å². The molecule has 20 heavy (non-hydrogen) atoms. The highest BCUT2D eigenvalue weighted by Crippen LogP contribution is 2.43. The summed E-state index contributed by atoms with van der Waals surface area (Å²) in [7, 11) is 1.69. The molecule has 2 rings (SSSR count). The van der Waals surface area contributed by atoms with E-state index in [9.17, 15) is 0 Å². The summed E-state index contributed by atoms with van der Waals surface area (Å²) in [4.78, 5) is 4.49. The van der Waals surface area contributed by atoms with Gasteiger partial charge in [-0.15, -0.1) is 11.8 Å². The molecule has 0 bridgehead atoms. The molecule has 4 atom stereocenters. The fourth-order valence-electron chi connectivity index (χ4n) is 2.02. The van der Waals surface area contributed by atoms with Gasteiger partial charge in [0.1, 0.15) is 0 Å². The zero-order chi connectivity index (χ0) is 14.5. The van der Waals surface area contributed by atoms with Crippen LogP contribution in [0.3, 0.4) is 0 Å². The van der Waals surface area contributed by atoms with E-state index in [4.69, 9.17) is 15.0 Å². The second kappa shape index (κ2) is 7.68. The first-order valence-corrected chi connectivity index (χ1v) is 8.96. The predicted molar refractivity (Wildman–Crippen MR) is 84.1 cm³/mol. The third-order valence-corrected chi connectivity index (χ3v) is 6.86. The van der Waals surface area contributed by atoms with E-state index >= 15 is 0 Å². The Hall–Kier alpha value is -0.240. The standard InChI is InChI=1S/C13H23N3O2S2/c1-8-9(2)20-11(7-19-8)12-15-13(18-16-12)10(14)5-4-6-17-3/h8-11H,4-7,14H2,1-3H3. The van der Waals surface area contributed by atoms with Gasteiger partial charge in [-0.25, -0.2) is 0 Å². The fraction of sp³-hybridized carbons (Fsp3) is 0.846. The number of ether oxygens (including phenoxy) is 1. The molecule has 1 aliphatic heterocycles. The Morgan fingerprint density at radius 3 is 2.95 bits per heavy atom. The second-order valence-corrected chi connectivity index (χ2v) is 8.10. The lowest BCUT2D eigenvalue weighted by Gasteiger charge is -2.29. The molecule has 0 saturated carbocycles. The summed E-state index contributed by atoms with van der Waals surface area (Å²) in [6.07, 6.45) is 1.70. The molecule has 0 radical (unpaired) electrons. The van der Waals surface area contributed by atoms with Crippen LogP contribution in [0.25, 0.3) is 0 Å². The van der Waals surface area contributed by atoms with Crippen LogP contribution in [0.4, 0.5) is 0 Å². The number of thioether (sulfide) groups is 2. The Kier molecular flexibility index (Phi) is 6.20. The molecule has 2 heterocycles. The van der Waals surface area contributed by atoms with Crippen molar-refractivity contribution in [3.8, 4) is 0 Å². The molecule has 0 aliphatic carbocycles. The summed E-state index contributed by atoms with van der Waals surface area (Å²) in [5.41, 5.74) is 6.06. The summed E-state index contributed by atoms with van der Waals surface area (Å²) in [5.74, 6) is 2.38. The molecular weight excluding hydrogens is 294 g/mol. The minimum absolute atomic E-state index is 0.191. The molecule has 0 amide bonds. The van der Waals surface area contributed by atoms with E-state index in [1.807, 2.05) is 23.5 Å². The quantitative estimate of drug-likeness (QED) is 0.809. The summed E-state index contributed by atoms with van der Waals surface area (Å²) in [6.45, 7) is 5.23. The van der Waals surface area contributed by atoms with E-state index in [1.165, 1.54) is 0 Å². The molecule has 2 N–H and O–H groups in total. The molecule has 1 fully saturated rings. The maximum absolute atomic E-state index is 6.06. The third kappa shape index (κ3) is 4.13. The lowest BCUT2D eigenvalue weighted by Crippen LogP contribution is -2.22. The van der Waals surface area contributed by atoms with Gasteiger partial charge in [-0.2, -0.15) is 16.7 Å². The molecule has 114 valence electrons. The molecule has 5 nitrogen and oxygen atoms in total. The van der Waals surface area contributed by atoms with Crippen LogP contribution in [0.2, 0.25) is 0 Å². The predicted octanol–water partition coefficient (Wildman–Crippen LogP) is 2.79. The highest BCUT2D eigenvalue weighted by atomic mass is 32.2. The van der Waals surface area contributed by atoms with Crippen molar-refractivity contribution in [3.63, 3.8) is 0 Å². The normalized spacial score (nSPS) is 28.5.